The Hall–Kier alpha value is -4.45. The number of carbonyl (C=O) groups is 3. The van der Waals surface area contributed by atoms with Gasteiger partial charge in [-0.25, -0.2) is 4.79 Å². The Morgan fingerprint density at radius 2 is 1.18 bits per heavy atom. The van der Waals surface area contributed by atoms with Gasteiger partial charge >= 0.3 is 12.1 Å². The third-order valence-corrected chi connectivity index (χ3v) is 38.2. The summed E-state index contributed by atoms with van der Waals surface area (Å²) < 4.78 is 35.3. The first kappa shape index (κ1) is 74.3. The van der Waals surface area contributed by atoms with Gasteiger partial charge in [0.25, 0.3) is 0 Å². The van der Waals surface area contributed by atoms with E-state index < -0.39 is 42.6 Å². The molecule has 4 aromatic rings. The number of unbranched alkanes of at least 4 members (excludes halogenated alkanes) is 1. The average Bonchev–Trinajstić information content (AvgIpc) is 3.88. The van der Waals surface area contributed by atoms with E-state index >= 15 is 0 Å². The molecule has 1 aromatic heterocycles. The van der Waals surface area contributed by atoms with Crippen molar-refractivity contribution in [1.29, 1.82) is 0 Å². The molecule has 3 aromatic carbocycles. The number of fused-ring (bicyclic) bond motifs is 1. The summed E-state index contributed by atoms with van der Waals surface area (Å²) in [5.41, 5.74) is 7.05. The van der Waals surface area contributed by atoms with Gasteiger partial charge in [-0.2, -0.15) is 0 Å². The third-order valence-electron chi connectivity index (χ3n) is 19.8. The van der Waals surface area contributed by atoms with Crippen molar-refractivity contribution in [1.82, 2.24) is 10.3 Å². The van der Waals surface area contributed by atoms with Crippen LogP contribution in [0, 0.1) is 11.8 Å². The van der Waals surface area contributed by atoms with E-state index in [2.05, 4.69) is 183 Å². The summed E-state index contributed by atoms with van der Waals surface area (Å²) in [6.07, 6.45) is 15.5. The van der Waals surface area contributed by atoms with Crippen LogP contribution in [0.1, 0.15) is 219 Å². The molecule has 1 saturated carbocycles. The van der Waals surface area contributed by atoms with Gasteiger partial charge in [-0.15, -0.1) is 0 Å². The number of hydrogen-bond acceptors (Lipinski definition) is 9. The Morgan fingerprint density at radius 3 is 1.73 bits per heavy atom. The van der Waals surface area contributed by atoms with E-state index in [-0.39, 0.29) is 49.3 Å². The molecule has 1 aliphatic rings. The zero-order chi connectivity index (χ0) is 65.3. The molecule has 2 N–H and O–H groups in total. The van der Waals surface area contributed by atoms with Crippen molar-refractivity contribution >= 4 is 59.4 Å². The lowest BCUT2D eigenvalue weighted by Gasteiger charge is -2.46. The number of ether oxygens (including phenoxy) is 2. The van der Waals surface area contributed by atoms with Crippen molar-refractivity contribution in [3.8, 4) is 0 Å². The highest BCUT2D eigenvalue weighted by molar-refractivity contribution is 6.78. The zero-order valence-electron chi connectivity index (χ0n) is 58.5. The van der Waals surface area contributed by atoms with E-state index in [1.807, 2.05) is 48.5 Å². The zero-order valence-corrected chi connectivity index (χ0v) is 61.5. The Balaban J connectivity index is 1.37. The molecular weight excluding hydrogens is 1140 g/mol. The topological polar surface area (TPSA) is 134 Å². The number of esters is 1. The number of amides is 2. The molecule has 14 heteroatoms. The molecule has 0 saturated heterocycles. The standard InChI is InChI=1S/C74H119N3O8Si3/c1-50(2)86(51(3)4,52(5)6)83-65(40-35-59-29-25-24-26-30-59)41-42-67-66(69(84-87(53(7)8,54(9)10)55(11)12)46-70(67)85-88(56(13)14,57(15)16)58(17)18)31-27-22-23-28-32-71(78)81-49-60-33-36-61(37-34-60)68(48-76-73(80)82-74(19,20)21)72(79)77-64-39-38-63-47-75-44-43-62(63)45-64/h22,24-27,29-30,33-34,36-39,43-45,47,50-58,65-70H,23,28,31-32,35,40-42,46,48-49H2,1-21H3,(H,76,80)(H,77,79)/t65?,66-,67-,68?,69+,70-/m1/s1. The molecule has 1 heterocycles. The molecule has 88 heavy (non-hydrogen) atoms. The summed E-state index contributed by atoms with van der Waals surface area (Å²) in [5.74, 6) is -0.706. The van der Waals surface area contributed by atoms with E-state index in [1.165, 1.54) is 5.56 Å². The molecule has 0 radical (unpaired) electrons. The lowest BCUT2D eigenvalue weighted by molar-refractivity contribution is -0.145. The summed E-state index contributed by atoms with van der Waals surface area (Å²) in [7, 11) is -6.84. The molecule has 11 nitrogen and oxygen atoms in total. The molecule has 1 aliphatic carbocycles. The summed E-state index contributed by atoms with van der Waals surface area (Å²) in [5, 5.41) is 7.74. The number of hydrogen-bond donors (Lipinski definition) is 2. The third kappa shape index (κ3) is 19.5. The quantitative estimate of drug-likeness (QED) is 0.0203. The van der Waals surface area contributed by atoms with Gasteiger partial charge in [0.05, 0.1) is 18.1 Å². The molecule has 6 atom stereocenters. The number of anilines is 1. The number of rotatable bonds is 34. The lowest BCUT2D eigenvalue weighted by Crippen LogP contribution is -2.51. The fraction of sp³-hybridized carbons (Fsp3) is 0.649. The van der Waals surface area contributed by atoms with Gasteiger partial charge in [0.15, 0.2) is 0 Å². The molecule has 0 aliphatic heterocycles. The number of alkyl carbamates (subject to hydrolysis) is 1. The highest BCUT2D eigenvalue weighted by Gasteiger charge is 2.55. The Bertz CT molecular complexity index is 2730. The predicted molar refractivity (Wildman–Crippen MR) is 375 cm³/mol. The minimum absolute atomic E-state index is 0.0158. The van der Waals surface area contributed by atoms with Crippen LogP contribution in [0.3, 0.4) is 0 Å². The predicted octanol–water partition coefficient (Wildman–Crippen LogP) is 20.4. The van der Waals surface area contributed by atoms with Gasteiger partial charge in [-0.05, 0) is 174 Å². The first-order valence-corrected chi connectivity index (χ1v) is 40.4. The van der Waals surface area contributed by atoms with E-state index in [4.69, 9.17) is 22.8 Å². The van der Waals surface area contributed by atoms with Gasteiger partial charge in [-0.1, -0.05) is 197 Å². The number of nitrogens with one attached hydrogen (secondary N) is 2. The van der Waals surface area contributed by atoms with Crippen LogP contribution < -0.4 is 10.6 Å². The number of aryl methyl sites for hydroxylation is 1. The molecule has 0 spiro atoms. The van der Waals surface area contributed by atoms with Crippen molar-refractivity contribution in [3.63, 3.8) is 0 Å². The first-order valence-electron chi connectivity index (χ1n) is 34.0. The van der Waals surface area contributed by atoms with Gasteiger partial charge < -0.3 is 33.4 Å². The van der Waals surface area contributed by atoms with Crippen LogP contribution in [0.5, 0.6) is 0 Å². The van der Waals surface area contributed by atoms with Crippen LogP contribution in [0.4, 0.5) is 10.5 Å². The van der Waals surface area contributed by atoms with Crippen LogP contribution in [0.25, 0.3) is 10.8 Å². The second-order valence-corrected chi connectivity index (χ2v) is 45.8. The first-order chi connectivity index (χ1) is 41.4. The summed E-state index contributed by atoms with van der Waals surface area (Å²) in [6, 6.07) is 26.0. The number of allylic oxidation sites excluding steroid dienone is 2. The van der Waals surface area contributed by atoms with Gasteiger partial charge in [0, 0.05) is 42.5 Å². The minimum atomic E-state index is -2.31. The maximum atomic E-state index is 13.9. The normalized spacial score (nSPS) is 17.9. The van der Waals surface area contributed by atoms with Gasteiger partial charge in [-0.3, -0.25) is 14.6 Å². The Kier molecular flexibility index (Phi) is 28.5. The Morgan fingerprint density at radius 1 is 0.625 bits per heavy atom. The van der Waals surface area contributed by atoms with Crippen LogP contribution in [-0.4, -0.2) is 78.4 Å². The number of pyridine rings is 1. The lowest BCUT2D eigenvalue weighted by atomic mass is 9.85. The molecule has 5 rings (SSSR count). The second-order valence-electron chi connectivity index (χ2n) is 29.5. The van der Waals surface area contributed by atoms with Crippen LogP contribution >= 0.6 is 0 Å². The summed E-state index contributed by atoms with van der Waals surface area (Å²) in [4.78, 5) is 44.3. The van der Waals surface area contributed by atoms with Crippen LogP contribution in [0.15, 0.2) is 103 Å². The van der Waals surface area contributed by atoms with Crippen molar-refractivity contribution in [2.75, 3.05) is 11.9 Å². The number of aromatic nitrogens is 1. The van der Waals surface area contributed by atoms with Crippen molar-refractivity contribution in [3.05, 3.63) is 120 Å². The second kappa shape index (κ2) is 33.7. The highest BCUT2D eigenvalue weighted by Crippen LogP contribution is 2.53. The molecular formula is C74H119N3O8Si3. The van der Waals surface area contributed by atoms with Crippen LogP contribution in [0.2, 0.25) is 49.9 Å². The van der Waals surface area contributed by atoms with E-state index in [9.17, 15) is 14.4 Å². The fourth-order valence-corrected chi connectivity index (χ4v) is 32.7. The number of nitrogens with zero attached hydrogens (tertiary/aromatic N) is 1. The summed E-state index contributed by atoms with van der Waals surface area (Å²) >= 11 is 0. The van der Waals surface area contributed by atoms with E-state index in [1.54, 1.807) is 33.2 Å². The van der Waals surface area contributed by atoms with Gasteiger partial charge in [0.2, 0.25) is 30.9 Å². The molecule has 2 unspecified atom stereocenters. The molecule has 2 amide bonds. The van der Waals surface area contributed by atoms with Crippen LogP contribution in [-0.2, 0) is 45.4 Å². The largest absolute Gasteiger partial charge is 0.461 e. The highest BCUT2D eigenvalue weighted by atomic mass is 28.4. The number of carbonyl (C=O) groups excluding carboxylic acids is 3. The molecule has 0 bridgehead atoms. The maximum Gasteiger partial charge on any atom is 0.407 e. The minimum Gasteiger partial charge on any atom is -0.461 e. The van der Waals surface area contributed by atoms with Crippen molar-refractivity contribution in [2.45, 2.75) is 289 Å². The SMILES string of the molecule is CC(C)[Si](OC(CCc1ccccc1)CC[C@@H]1[C@@H](CC=CCCCC(=O)OCc2ccc(C(CNC(=O)OC(C)(C)C)C(=O)Nc3ccc4cnccc4c3)cc2)[C@@H](O[Si](C(C)C)(C(C)C)C(C)C)C[C@H]1O[Si](C(C)C)(C(C)C)C(C)C)(C(C)C)C(C)C. The maximum absolute atomic E-state index is 13.9. The van der Waals surface area contributed by atoms with Crippen molar-refractivity contribution in [2.24, 2.45) is 11.8 Å². The molecule has 1 fully saturated rings. The van der Waals surface area contributed by atoms with E-state index in [0.29, 0.717) is 79.9 Å². The summed E-state index contributed by atoms with van der Waals surface area (Å²) in [6.45, 7) is 49.1. The van der Waals surface area contributed by atoms with E-state index in [0.717, 1.165) is 61.3 Å². The van der Waals surface area contributed by atoms with Crippen molar-refractivity contribution < 1.29 is 37.1 Å². The smallest absolute Gasteiger partial charge is 0.407 e. The van der Waals surface area contributed by atoms with Gasteiger partial charge in [0.1, 0.15) is 12.2 Å². The monoisotopic (exact) mass is 1260 g/mol. The average molecular weight is 1260 g/mol. The number of benzene rings is 3. The molecule has 490 valence electrons. The Labute approximate surface area is 537 Å². The fourth-order valence-electron chi connectivity index (χ4n) is 15.8.